The summed E-state index contributed by atoms with van der Waals surface area (Å²) in [4.78, 5) is 28.7. The van der Waals surface area contributed by atoms with E-state index in [0.29, 0.717) is 17.6 Å². The predicted molar refractivity (Wildman–Crippen MR) is 142 cm³/mol. The number of carbonyl (C=O) groups is 3. The molecule has 0 heterocycles. The van der Waals surface area contributed by atoms with Crippen LogP contribution < -0.4 is 0 Å². The molecule has 0 saturated heterocycles. The molecule has 0 N–H and O–H groups in total. The first-order chi connectivity index (χ1) is 15.8. The van der Waals surface area contributed by atoms with E-state index < -0.39 is 0 Å². The smallest absolute Gasteiger partial charge is 0.152 e. The standard InChI is InChI=1S/C9H12O.C8H12.C5H6.C4H6O.CH2Cl2.CH2O/c1-6(10)9-5-7-2-3-8(9)4-7;1-6-4-7-2-3-8(6)5-7;1-2-4-5-3-1;1-3-4(2)5;2-1-3;1-2/h2-3,7-9H,4-5H2,1H3;2-3,6-8H,4-5H2,1H3;1-4H,5H2;3H,1H2,2H3;1H2;1H2. The zero-order chi connectivity index (χ0) is 25.2. The number of halogens is 2. The lowest BCUT2D eigenvalue weighted by molar-refractivity contribution is -0.121. The topological polar surface area (TPSA) is 51.2 Å². The van der Waals surface area contributed by atoms with Gasteiger partial charge in [0, 0.05) is 5.92 Å². The van der Waals surface area contributed by atoms with E-state index in [1.54, 1.807) is 6.92 Å². The second-order valence-electron chi connectivity index (χ2n) is 8.76. The highest BCUT2D eigenvalue weighted by molar-refractivity contribution is 6.40. The van der Waals surface area contributed by atoms with Crippen LogP contribution in [0.1, 0.15) is 52.9 Å². The maximum absolute atomic E-state index is 11.0. The molecular weight excluding hydrogens is 455 g/mol. The number of ketones is 2. The van der Waals surface area contributed by atoms with Gasteiger partial charge in [0.15, 0.2) is 5.78 Å². The molecule has 33 heavy (non-hydrogen) atoms. The summed E-state index contributed by atoms with van der Waals surface area (Å²) in [6.45, 7) is 10.8. The van der Waals surface area contributed by atoms with Gasteiger partial charge in [-0.1, -0.05) is 62.1 Å². The summed E-state index contributed by atoms with van der Waals surface area (Å²) >= 11 is 9.53. The molecule has 3 nitrogen and oxygen atoms in total. The van der Waals surface area contributed by atoms with Crippen LogP contribution in [0, 0.1) is 35.5 Å². The molecule has 0 aliphatic heterocycles. The monoisotopic (exact) mass is 494 g/mol. The third-order valence-electron chi connectivity index (χ3n) is 6.35. The fourth-order valence-electron chi connectivity index (χ4n) is 4.70. The first-order valence-corrected chi connectivity index (χ1v) is 12.6. The van der Waals surface area contributed by atoms with Crippen molar-refractivity contribution in [2.45, 2.75) is 52.9 Å². The number of Topliss-reactive ketones (excluding diaryl/α,β-unsaturated/α-hetero) is 1. The first kappa shape index (κ1) is 31.3. The lowest BCUT2D eigenvalue weighted by Gasteiger charge is -2.13. The Bertz CT molecular complexity index is 698. The molecule has 0 aromatic rings. The zero-order valence-corrected chi connectivity index (χ0v) is 21.8. The van der Waals surface area contributed by atoms with E-state index in [0.717, 1.165) is 36.5 Å². The number of alkyl halides is 2. The molecule has 6 atom stereocenters. The third-order valence-corrected chi connectivity index (χ3v) is 6.35. The highest BCUT2D eigenvalue weighted by Crippen LogP contribution is 2.44. The van der Waals surface area contributed by atoms with Crippen molar-refractivity contribution in [1.82, 2.24) is 0 Å². The van der Waals surface area contributed by atoms with Crippen molar-refractivity contribution in [3.05, 3.63) is 61.3 Å². The Morgan fingerprint density at radius 3 is 1.48 bits per heavy atom. The summed E-state index contributed by atoms with van der Waals surface area (Å²) in [6.07, 6.45) is 25.3. The third kappa shape index (κ3) is 12.9. The van der Waals surface area contributed by atoms with Gasteiger partial charge in [-0.25, -0.2) is 0 Å². The normalized spacial score (nSPS) is 29.6. The molecule has 0 amide bonds. The first-order valence-electron chi connectivity index (χ1n) is 11.5. The Morgan fingerprint density at radius 1 is 0.879 bits per heavy atom. The molecule has 0 spiro atoms. The van der Waals surface area contributed by atoms with E-state index in [1.165, 1.54) is 32.3 Å². The van der Waals surface area contributed by atoms with Gasteiger partial charge in [-0.3, -0.25) is 9.59 Å². The molecule has 2 fully saturated rings. The Kier molecular flexibility index (Phi) is 17.7. The number of fused-ring (bicyclic) bond motifs is 4. The summed E-state index contributed by atoms with van der Waals surface area (Å²) in [7, 11) is 0. The van der Waals surface area contributed by atoms with Gasteiger partial charge >= 0.3 is 0 Å². The van der Waals surface area contributed by atoms with E-state index in [4.69, 9.17) is 28.0 Å². The zero-order valence-electron chi connectivity index (χ0n) is 20.3. The van der Waals surface area contributed by atoms with Gasteiger partial charge in [-0.2, -0.15) is 0 Å². The van der Waals surface area contributed by atoms with Crippen LogP contribution in [0.5, 0.6) is 0 Å². The second kappa shape index (κ2) is 18.7. The van der Waals surface area contributed by atoms with Gasteiger partial charge < -0.3 is 4.79 Å². The van der Waals surface area contributed by atoms with Gasteiger partial charge in [0.05, 0.1) is 5.34 Å². The number of carbonyl (C=O) groups excluding carboxylic acids is 3. The van der Waals surface area contributed by atoms with Crippen LogP contribution in [0.25, 0.3) is 0 Å². The molecule has 0 radical (unpaired) electrons. The largest absolute Gasteiger partial charge is 0.307 e. The summed E-state index contributed by atoms with van der Waals surface area (Å²) in [5.74, 6) is 5.03. The van der Waals surface area contributed by atoms with Crippen molar-refractivity contribution in [3.8, 4) is 0 Å². The van der Waals surface area contributed by atoms with E-state index >= 15 is 0 Å². The molecular formula is C28H40Cl2O3. The minimum atomic E-state index is 0.0185. The number of allylic oxidation sites excluding steroid dienone is 9. The predicted octanol–water partition coefficient (Wildman–Crippen LogP) is 7.51. The molecule has 0 aromatic heterocycles. The number of rotatable bonds is 2. The minimum Gasteiger partial charge on any atom is -0.307 e. The maximum Gasteiger partial charge on any atom is 0.152 e. The Labute approximate surface area is 210 Å². The van der Waals surface area contributed by atoms with E-state index in [-0.39, 0.29) is 11.1 Å². The molecule has 5 aliphatic rings. The molecule has 4 bridgehead atoms. The lowest BCUT2D eigenvalue weighted by Crippen LogP contribution is -2.15. The van der Waals surface area contributed by atoms with Gasteiger partial charge in [-0.15, -0.1) is 23.2 Å². The minimum absolute atomic E-state index is 0.0185. The van der Waals surface area contributed by atoms with Gasteiger partial charge in [0.25, 0.3) is 0 Å². The SMILES string of the molecule is C1=CCC=C1.C=CC(C)=O.C=O.CC(=O)C1CC2C=CC1C2.CC1CC2C=CC1C2.ClCCl. The average molecular weight is 496 g/mol. The van der Waals surface area contributed by atoms with Crippen LogP contribution in [0.15, 0.2) is 61.3 Å². The summed E-state index contributed by atoms with van der Waals surface area (Å²) in [5, 5.41) is 0.194. The molecule has 0 aromatic carbocycles. The van der Waals surface area contributed by atoms with Crippen molar-refractivity contribution in [3.63, 3.8) is 0 Å². The van der Waals surface area contributed by atoms with Gasteiger partial charge in [0.1, 0.15) is 12.6 Å². The van der Waals surface area contributed by atoms with Crippen LogP contribution in [0.2, 0.25) is 0 Å². The Hall–Kier alpha value is -1.71. The molecule has 2 saturated carbocycles. The van der Waals surface area contributed by atoms with E-state index in [9.17, 15) is 9.59 Å². The van der Waals surface area contributed by atoms with Crippen molar-refractivity contribution < 1.29 is 14.4 Å². The molecule has 5 heteroatoms. The molecule has 184 valence electrons. The summed E-state index contributed by atoms with van der Waals surface area (Å²) in [5.41, 5.74) is 0. The summed E-state index contributed by atoms with van der Waals surface area (Å²) in [6, 6.07) is 0. The maximum atomic E-state index is 11.0. The number of hydrogen-bond acceptors (Lipinski definition) is 3. The van der Waals surface area contributed by atoms with Crippen LogP contribution in [0.3, 0.4) is 0 Å². The van der Waals surface area contributed by atoms with Crippen LogP contribution in [0.4, 0.5) is 0 Å². The fourth-order valence-corrected chi connectivity index (χ4v) is 4.70. The van der Waals surface area contributed by atoms with E-state index in [2.05, 4.69) is 62.1 Å². The van der Waals surface area contributed by atoms with Gasteiger partial charge in [-0.05, 0) is 81.6 Å². The average Bonchev–Trinajstić information content (AvgIpc) is 3.64. The quantitative estimate of drug-likeness (QED) is 0.226. The Balaban J connectivity index is 0.000000403. The van der Waals surface area contributed by atoms with Crippen LogP contribution in [-0.2, 0) is 14.4 Å². The fraction of sp³-hybridized carbons (Fsp3) is 0.536. The van der Waals surface area contributed by atoms with Gasteiger partial charge in [0.2, 0.25) is 0 Å². The number of hydrogen-bond donors (Lipinski definition) is 0. The highest BCUT2D eigenvalue weighted by atomic mass is 35.5. The second-order valence-corrected chi connectivity index (χ2v) is 9.57. The van der Waals surface area contributed by atoms with Crippen LogP contribution >= 0.6 is 23.2 Å². The van der Waals surface area contributed by atoms with Crippen molar-refractivity contribution >= 4 is 41.6 Å². The molecule has 6 unspecified atom stereocenters. The van der Waals surface area contributed by atoms with Crippen molar-refractivity contribution in [2.24, 2.45) is 35.5 Å². The highest BCUT2D eigenvalue weighted by Gasteiger charge is 2.37. The van der Waals surface area contributed by atoms with Crippen molar-refractivity contribution in [1.29, 1.82) is 0 Å². The Morgan fingerprint density at radius 2 is 1.33 bits per heavy atom. The lowest BCUT2D eigenvalue weighted by atomic mass is 9.90. The van der Waals surface area contributed by atoms with Crippen LogP contribution in [-0.4, -0.2) is 23.7 Å². The van der Waals surface area contributed by atoms with E-state index in [1.807, 2.05) is 6.79 Å². The molecule has 5 aliphatic carbocycles. The van der Waals surface area contributed by atoms with Crippen molar-refractivity contribution in [2.75, 3.05) is 5.34 Å². The summed E-state index contributed by atoms with van der Waals surface area (Å²) < 4.78 is 0. The molecule has 5 rings (SSSR count).